The van der Waals surface area contributed by atoms with Gasteiger partial charge in [-0.05, 0) is 37.2 Å². The number of nitrogens with zero attached hydrogens (tertiary/aromatic N) is 1. The maximum atomic E-state index is 12.5. The lowest BCUT2D eigenvalue weighted by Crippen LogP contribution is -2.42. The first kappa shape index (κ1) is 13.7. The molecule has 1 unspecified atom stereocenters. The van der Waals surface area contributed by atoms with E-state index < -0.39 is 11.9 Å². The maximum Gasteiger partial charge on any atom is 0.308 e. The monoisotopic (exact) mass is 271 g/mol. The van der Waals surface area contributed by atoms with E-state index in [1.54, 1.807) is 6.92 Å². The molecule has 5 heteroatoms. The molecule has 18 heavy (non-hydrogen) atoms. The molecule has 0 aromatic rings. The summed E-state index contributed by atoms with van der Waals surface area (Å²) < 4.78 is 0. The van der Waals surface area contributed by atoms with Gasteiger partial charge < -0.3 is 10.0 Å². The van der Waals surface area contributed by atoms with Crippen LogP contribution in [0.4, 0.5) is 0 Å². The van der Waals surface area contributed by atoms with E-state index in [1.165, 1.54) is 0 Å². The van der Waals surface area contributed by atoms with Gasteiger partial charge in [0.15, 0.2) is 0 Å². The summed E-state index contributed by atoms with van der Waals surface area (Å²) >= 11 is 1.91. The predicted octanol–water partition coefficient (Wildman–Crippen LogP) is 1.84. The summed E-state index contributed by atoms with van der Waals surface area (Å²) in [6.07, 6.45) is 3.99. The Morgan fingerprint density at radius 1 is 1.28 bits per heavy atom. The van der Waals surface area contributed by atoms with Crippen LogP contribution in [0.5, 0.6) is 0 Å². The van der Waals surface area contributed by atoms with Gasteiger partial charge >= 0.3 is 5.97 Å². The van der Waals surface area contributed by atoms with E-state index in [2.05, 4.69) is 0 Å². The summed E-state index contributed by atoms with van der Waals surface area (Å²) in [7, 11) is 0. The Balaban J connectivity index is 1.95. The zero-order valence-electron chi connectivity index (χ0n) is 10.8. The summed E-state index contributed by atoms with van der Waals surface area (Å²) in [6, 6.07) is 0.314. The molecule has 102 valence electrons. The third-order valence-electron chi connectivity index (χ3n) is 3.73. The molecule has 2 fully saturated rings. The van der Waals surface area contributed by atoms with Crippen LogP contribution in [0.2, 0.25) is 0 Å². The Bertz CT molecular complexity index is 324. The van der Waals surface area contributed by atoms with Gasteiger partial charge in [-0.1, -0.05) is 6.92 Å². The van der Waals surface area contributed by atoms with Gasteiger partial charge in [0.05, 0.1) is 5.92 Å². The Kier molecular flexibility index (Phi) is 4.54. The second-order valence-corrected chi connectivity index (χ2v) is 6.57. The fourth-order valence-corrected chi connectivity index (χ4v) is 3.46. The molecular weight excluding hydrogens is 250 g/mol. The molecule has 1 atom stereocenters. The molecule has 4 nitrogen and oxygen atoms in total. The number of amides is 1. The highest BCUT2D eigenvalue weighted by molar-refractivity contribution is 7.99. The number of carboxylic acid groups (broad SMARTS) is 1. The molecular formula is C13H21NO3S. The molecule has 1 N–H and O–H groups in total. The SMILES string of the molecule is CC(CN(C(=O)C1CCSCC1)C1CC1)C(=O)O. The average Bonchev–Trinajstić information content (AvgIpc) is 3.20. The number of hydrogen-bond donors (Lipinski definition) is 1. The number of rotatable bonds is 5. The second-order valence-electron chi connectivity index (χ2n) is 5.35. The van der Waals surface area contributed by atoms with Crippen LogP contribution in [0.15, 0.2) is 0 Å². The quantitative estimate of drug-likeness (QED) is 0.829. The van der Waals surface area contributed by atoms with Crippen LogP contribution in [0.3, 0.4) is 0 Å². The normalized spacial score (nSPS) is 22.5. The molecule has 2 rings (SSSR count). The molecule has 1 saturated carbocycles. The summed E-state index contributed by atoms with van der Waals surface area (Å²) in [5.74, 6) is 1.17. The minimum absolute atomic E-state index is 0.132. The van der Waals surface area contributed by atoms with Crippen molar-refractivity contribution in [3.8, 4) is 0 Å². The van der Waals surface area contributed by atoms with Crippen molar-refractivity contribution in [3.05, 3.63) is 0 Å². The lowest BCUT2D eigenvalue weighted by molar-refractivity contribution is -0.144. The first-order valence-electron chi connectivity index (χ1n) is 6.70. The molecule has 0 spiro atoms. The lowest BCUT2D eigenvalue weighted by atomic mass is 10.00. The van der Waals surface area contributed by atoms with Gasteiger partial charge in [0, 0.05) is 18.5 Å². The zero-order valence-corrected chi connectivity index (χ0v) is 11.6. The smallest absolute Gasteiger partial charge is 0.308 e. The van der Waals surface area contributed by atoms with Crippen LogP contribution in [0, 0.1) is 11.8 Å². The van der Waals surface area contributed by atoms with Crippen molar-refractivity contribution in [2.75, 3.05) is 18.1 Å². The van der Waals surface area contributed by atoms with E-state index in [9.17, 15) is 9.59 Å². The van der Waals surface area contributed by atoms with Gasteiger partial charge in [-0.15, -0.1) is 0 Å². The van der Waals surface area contributed by atoms with Crippen molar-refractivity contribution in [1.82, 2.24) is 4.90 Å². The van der Waals surface area contributed by atoms with E-state index in [1.807, 2.05) is 16.7 Å². The summed E-state index contributed by atoms with van der Waals surface area (Å²) in [6.45, 7) is 2.06. The Morgan fingerprint density at radius 2 is 1.89 bits per heavy atom. The summed E-state index contributed by atoms with van der Waals surface area (Å²) in [4.78, 5) is 25.2. The number of thioether (sulfide) groups is 1. The fraction of sp³-hybridized carbons (Fsp3) is 0.846. The summed E-state index contributed by atoms with van der Waals surface area (Å²) in [5, 5.41) is 8.98. The van der Waals surface area contributed by atoms with Crippen LogP contribution < -0.4 is 0 Å². The van der Waals surface area contributed by atoms with Gasteiger partial charge in [-0.2, -0.15) is 11.8 Å². The molecule has 1 heterocycles. The van der Waals surface area contributed by atoms with Gasteiger partial charge in [0.2, 0.25) is 5.91 Å². The molecule has 0 aromatic heterocycles. The van der Waals surface area contributed by atoms with Gasteiger partial charge in [0.1, 0.15) is 0 Å². The zero-order chi connectivity index (χ0) is 13.1. The van der Waals surface area contributed by atoms with Crippen molar-refractivity contribution in [2.45, 2.75) is 38.6 Å². The average molecular weight is 271 g/mol. The largest absolute Gasteiger partial charge is 0.481 e. The Labute approximate surface area is 112 Å². The van der Waals surface area contributed by atoms with Gasteiger partial charge in [-0.25, -0.2) is 0 Å². The molecule has 1 aliphatic carbocycles. The lowest BCUT2D eigenvalue weighted by Gasteiger charge is -2.30. The number of hydrogen-bond acceptors (Lipinski definition) is 3. The number of carbonyl (C=O) groups excluding carboxylic acids is 1. The van der Waals surface area contributed by atoms with Crippen LogP contribution in [0.1, 0.15) is 32.6 Å². The van der Waals surface area contributed by atoms with E-state index in [0.29, 0.717) is 12.6 Å². The van der Waals surface area contributed by atoms with Crippen LogP contribution >= 0.6 is 11.8 Å². The van der Waals surface area contributed by atoms with Gasteiger partial charge in [0.25, 0.3) is 0 Å². The van der Waals surface area contributed by atoms with Gasteiger partial charge in [-0.3, -0.25) is 9.59 Å². The van der Waals surface area contributed by atoms with Crippen molar-refractivity contribution < 1.29 is 14.7 Å². The van der Waals surface area contributed by atoms with Crippen LogP contribution in [0.25, 0.3) is 0 Å². The molecule has 0 aromatic carbocycles. The van der Waals surface area contributed by atoms with Crippen molar-refractivity contribution in [3.63, 3.8) is 0 Å². The maximum absolute atomic E-state index is 12.5. The Morgan fingerprint density at radius 3 is 2.39 bits per heavy atom. The van der Waals surface area contributed by atoms with Crippen molar-refractivity contribution in [2.24, 2.45) is 11.8 Å². The third kappa shape index (κ3) is 3.40. The first-order valence-corrected chi connectivity index (χ1v) is 7.86. The molecule has 0 radical (unpaired) electrons. The van der Waals surface area contributed by atoms with E-state index in [0.717, 1.165) is 37.2 Å². The van der Waals surface area contributed by atoms with E-state index in [4.69, 9.17) is 5.11 Å². The molecule has 2 aliphatic rings. The molecule has 1 amide bonds. The number of carboxylic acids is 1. The fourth-order valence-electron chi connectivity index (χ4n) is 2.36. The van der Waals surface area contributed by atoms with E-state index in [-0.39, 0.29) is 11.8 Å². The molecule has 1 aliphatic heterocycles. The highest BCUT2D eigenvalue weighted by Crippen LogP contribution is 2.32. The molecule has 1 saturated heterocycles. The van der Waals surface area contributed by atoms with Crippen molar-refractivity contribution >= 4 is 23.6 Å². The van der Waals surface area contributed by atoms with Crippen LogP contribution in [-0.4, -0.2) is 46.0 Å². The third-order valence-corrected chi connectivity index (χ3v) is 4.78. The number of carbonyl (C=O) groups is 2. The first-order chi connectivity index (χ1) is 8.59. The summed E-state index contributed by atoms with van der Waals surface area (Å²) in [5.41, 5.74) is 0. The highest BCUT2D eigenvalue weighted by atomic mass is 32.2. The topological polar surface area (TPSA) is 57.6 Å². The predicted molar refractivity (Wildman–Crippen MR) is 71.6 cm³/mol. The second kappa shape index (κ2) is 5.95. The van der Waals surface area contributed by atoms with E-state index >= 15 is 0 Å². The van der Waals surface area contributed by atoms with Crippen molar-refractivity contribution in [1.29, 1.82) is 0 Å². The molecule has 0 bridgehead atoms. The minimum Gasteiger partial charge on any atom is -0.481 e. The number of aliphatic carboxylic acids is 1. The van der Waals surface area contributed by atoms with Crippen LogP contribution in [-0.2, 0) is 9.59 Å². The Hall–Kier alpha value is -0.710. The minimum atomic E-state index is -0.812. The highest BCUT2D eigenvalue weighted by Gasteiger charge is 2.37. The standard InChI is InChI=1S/C13H21NO3S/c1-9(13(16)17)8-14(11-2-3-11)12(15)10-4-6-18-7-5-10/h9-11H,2-8H2,1H3,(H,16,17).